The molecule has 0 fully saturated rings. The largest absolute Gasteiger partial charge is 0.484 e. The highest BCUT2D eigenvalue weighted by atomic mass is 79.9. The Morgan fingerprint density at radius 3 is 2.57 bits per heavy atom. The normalized spacial score (nSPS) is 11.8. The topological polar surface area (TPSA) is 38.3 Å². The van der Waals surface area contributed by atoms with E-state index in [9.17, 15) is 9.18 Å². The molecule has 2 aromatic rings. The van der Waals surface area contributed by atoms with Gasteiger partial charge >= 0.3 is 0 Å². The maximum Gasteiger partial charge on any atom is 0.262 e. The van der Waals surface area contributed by atoms with E-state index < -0.39 is 11.7 Å². The number of hydrogen-bond acceptors (Lipinski definition) is 2. The van der Waals surface area contributed by atoms with E-state index in [0.29, 0.717) is 16.1 Å². The minimum Gasteiger partial charge on any atom is -0.484 e. The minimum atomic E-state index is -0.495. The highest BCUT2D eigenvalue weighted by Crippen LogP contribution is 2.22. The van der Waals surface area contributed by atoms with Crippen LogP contribution in [0.4, 0.5) is 10.1 Å². The lowest BCUT2D eigenvalue weighted by atomic mass is 9.99. The number of benzene rings is 2. The zero-order chi connectivity index (χ0) is 16.8. The van der Waals surface area contributed by atoms with Crippen LogP contribution in [0, 0.1) is 5.82 Å². The number of carbonyl (C=O) groups excluding carboxylic acids is 1. The average Bonchev–Trinajstić information content (AvgIpc) is 2.55. The molecule has 1 amide bonds. The van der Waals surface area contributed by atoms with Crippen LogP contribution in [-0.2, 0) is 4.79 Å². The Morgan fingerprint density at radius 2 is 1.96 bits per heavy atom. The van der Waals surface area contributed by atoms with Gasteiger partial charge in [0.05, 0.1) is 5.69 Å². The summed E-state index contributed by atoms with van der Waals surface area (Å²) in [6.45, 7) is 4.13. The molecule has 0 unspecified atom stereocenters. The van der Waals surface area contributed by atoms with Crippen LogP contribution in [-0.4, -0.2) is 12.5 Å². The third kappa shape index (κ3) is 5.06. The summed E-state index contributed by atoms with van der Waals surface area (Å²) in [5.74, 6) is 0.207. The molecule has 0 aromatic heterocycles. The van der Waals surface area contributed by atoms with Crippen molar-refractivity contribution in [1.29, 1.82) is 0 Å². The van der Waals surface area contributed by atoms with Crippen molar-refractivity contribution in [3.63, 3.8) is 0 Å². The molecule has 0 bridgehead atoms. The number of ether oxygens (including phenoxy) is 1. The Hall–Kier alpha value is -1.88. The molecule has 5 heteroatoms. The van der Waals surface area contributed by atoms with Crippen LogP contribution < -0.4 is 10.1 Å². The molecule has 0 radical (unpaired) electrons. The van der Waals surface area contributed by atoms with Gasteiger partial charge in [-0.2, -0.15) is 0 Å². The molecule has 0 heterocycles. The molecule has 122 valence electrons. The summed E-state index contributed by atoms with van der Waals surface area (Å²) in [7, 11) is 0. The number of rotatable bonds is 6. The standard InChI is InChI=1S/C18H19BrFNO2/c1-3-12(2)13-4-7-15(8-5-13)23-11-18(22)21-17-9-6-14(19)10-16(17)20/h4-10,12H,3,11H2,1-2H3,(H,21,22)/t12-/m1/s1. The summed E-state index contributed by atoms with van der Waals surface area (Å²) in [5.41, 5.74) is 1.37. The lowest BCUT2D eigenvalue weighted by Crippen LogP contribution is -2.20. The fourth-order valence-electron chi connectivity index (χ4n) is 2.05. The summed E-state index contributed by atoms with van der Waals surface area (Å²) in [6, 6.07) is 12.1. The van der Waals surface area contributed by atoms with E-state index in [1.165, 1.54) is 17.7 Å². The molecule has 0 aliphatic rings. The van der Waals surface area contributed by atoms with Gasteiger partial charge in [-0.15, -0.1) is 0 Å². The quantitative estimate of drug-likeness (QED) is 0.756. The molecule has 2 aromatic carbocycles. The lowest BCUT2D eigenvalue weighted by molar-refractivity contribution is -0.118. The molecule has 0 saturated carbocycles. The highest BCUT2D eigenvalue weighted by Gasteiger charge is 2.09. The third-order valence-electron chi connectivity index (χ3n) is 3.64. The van der Waals surface area contributed by atoms with Gasteiger partial charge < -0.3 is 10.1 Å². The molecule has 1 atom stereocenters. The van der Waals surface area contributed by atoms with Crippen LogP contribution in [0.1, 0.15) is 31.7 Å². The van der Waals surface area contributed by atoms with Crippen LogP contribution in [0.2, 0.25) is 0 Å². The van der Waals surface area contributed by atoms with Gasteiger partial charge in [0.2, 0.25) is 0 Å². The van der Waals surface area contributed by atoms with Crippen LogP contribution in [0.15, 0.2) is 46.9 Å². The summed E-state index contributed by atoms with van der Waals surface area (Å²) in [5, 5.41) is 2.49. The van der Waals surface area contributed by atoms with Crippen molar-refractivity contribution in [2.75, 3.05) is 11.9 Å². The first kappa shape index (κ1) is 17.5. The second-order valence-electron chi connectivity index (χ2n) is 5.34. The van der Waals surface area contributed by atoms with E-state index in [4.69, 9.17) is 4.74 Å². The number of anilines is 1. The van der Waals surface area contributed by atoms with Crippen molar-refractivity contribution < 1.29 is 13.9 Å². The van der Waals surface area contributed by atoms with Crippen molar-refractivity contribution in [3.8, 4) is 5.75 Å². The van der Waals surface area contributed by atoms with E-state index >= 15 is 0 Å². The number of hydrogen-bond donors (Lipinski definition) is 1. The SMILES string of the molecule is CC[C@@H](C)c1ccc(OCC(=O)Nc2ccc(Br)cc2F)cc1. The predicted molar refractivity (Wildman–Crippen MR) is 93.4 cm³/mol. The summed E-state index contributed by atoms with van der Waals surface area (Å²) in [6.07, 6.45) is 1.07. The van der Waals surface area contributed by atoms with E-state index in [2.05, 4.69) is 35.1 Å². The van der Waals surface area contributed by atoms with E-state index in [1.54, 1.807) is 6.07 Å². The van der Waals surface area contributed by atoms with Crippen molar-refractivity contribution in [1.82, 2.24) is 0 Å². The van der Waals surface area contributed by atoms with Gasteiger partial charge in [0.25, 0.3) is 5.91 Å². The summed E-state index contributed by atoms with van der Waals surface area (Å²) < 4.78 is 19.7. The van der Waals surface area contributed by atoms with Crippen LogP contribution in [0.25, 0.3) is 0 Å². The first-order valence-electron chi connectivity index (χ1n) is 7.47. The molecule has 0 saturated heterocycles. The Labute approximate surface area is 144 Å². The number of carbonyl (C=O) groups is 1. The zero-order valence-corrected chi connectivity index (χ0v) is 14.7. The van der Waals surface area contributed by atoms with E-state index in [1.807, 2.05) is 24.3 Å². The Kier molecular flexibility index (Phi) is 6.16. The second kappa shape index (κ2) is 8.11. The Morgan fingerprint density at radius 1 is 1.26 bits per heavy atom. The summed E-state index contributed by atoms with van der Waals surface area (Å²) in [4.78, 5) is 11.8. The lowest BCUT2D eigenvalue weighted by Gasteiger charge is -2.11. The zero-order valence-electron chi connectivity index (χ0n) is 13.1. The van der Waals surface area contributed by atoms with Gasteiger partial charge in [-0.1, -0.05) is 41.9 Å². The van der Waals surface area contributed by atoms with Crippen molar-refractivity contribution in [2.24, 2.45) is 0 Å². The van der Waals surface area contributed by atoms with Gasteiger partial charge in [-0.3, -0.25) is 4.79 Å². The molecule has 3 nitrogen and oxygen atoms in total. The molecule has 23 heavy (non-hydrogen) atoms. The molecule has 0 spiro atoms. The predicted octanol–water partition coefficient (Wildman–Crippen LogP) is 5.12. The van der Waals surface area contributed by atoms with Gasteiger partial charge in [0, 0.05) is 4.47 Å². The van der Waals surface area contributed by atoms with Gasteiger partial charge in [-0.25, -0.2) is 4.39 Å². The molecular formula is C18H19BrFNO2. The molecule has 0 aliphatic heterocycles. The third-order valence-corrected chi connectivity index (χ3v) is 4.13. The van der Waals surface area contributed by atoms with Crippen LogP contribution in [0.5, 0.6) is 5.75 Å². The fraction of sp³-hybridized carbons (Fsp3) is 0.278. The maximum atomic E-state index is 13.6. The maximum absolute atomic E-state index is 13.6. The fourth-order valence-corrected chi connectivity index (χ4v) is 2.39. The second-order valence-corrected chi connectivity index (χ2v) is 6.26. The Bertz CT molecular complexity index is 673. The highest BCUT2D eigenvalue weighted by molar-refractivity contribution is 9.10. The smallest absolute Gasteiger partial charge is 0.262 e. The monoisotopic (exact) mass is 379 g/mol. The van der Waals surface area contributed by atoms with Crippen molar-refractivity contribution in [2.45, 2.75) is 26.2 Å². The number of amides is 1. The van der Waals surface area contributed by atoms with Gasteiger partial charge in [0.1, 0.15) is 11.6 Å². The molecule has 1 N–H and O–H groups in total. The van der Waals surface area contributed by atoms with E-state index in [0.717, 1.165) is 6.42 Å². The van der Waals surface area contributed by atoms with Gasteiger partial charge in [0.15, 0.2) is 6.61 Å². The number of nitrogens with one attached hydrogen (secondary N) is 1. The first-order valence-corrected chi connectivity index (χ1v) is 8.26. The van der Waals surface area contributed by atoms with Crippen LogP contribution >= 0.6 is 15.9 Å². The Balaban J connectivity index is 1.89. The number of halogens is 2. The molecule has 0 aliphatic carbocycles. The van der Waals surface area contributed by atoms with Crippen molar-refractivity contribution >= 4 is 27.5 Å². The van der Waals surface area contributed by atoms with Crippen molar-refractivity contribution in [3.05, 3.63) is 58.3 Å². The van der Waals surface area contributed by atoms with Gasteiger partial charge in [-0.05, 0) is 48.2 Å². The molecular weight excluding hydrogens is 361 g/mol. The van der Waals surface area contributed by atoms with E-state index in [-0.39, 0.29) is 12.3 Å². The van der Waals surface area contributed by atoms with Crippen LogP contribution in [0.3, 0.4) is 0 Å². The molecule has 2 rings (SSSR count). The first-order chi connectivity index (χ1) is 11.0. The average molecular weight is 380 g/mol. The minimum absolute atomic E-state index is 0.133. The summed E-state index contributed by atoms with van der Waals surface area (Å²) >= 11 is 3.17.